The van der Waals surface area contributed by atoms with Gasteiger partial charge < -0.3 is 10.4 Å². The number of aliphatic hydroxyl groups is 1. The van der Waals surface area contributed by atoms with Crippen LogP contribution in [0.5, 0.6) is 0 Å². The Bertz CT molecular complexity index is 584. The number of nitrogens with one attached hydrogen (secondary N) is 1. The third kappa shape index (κ3) is 3.13. The van der Waals surface area contributed by atoms with Crippen molar-refractivity contribution in [2.45, 2.75) is 13.0 Å². The number of carbonyl (C=O) groups excluding carboxylic acids is 1. The van der Waals surface area contributed by atoms with Gasteiger partial charge in [0, 0.05) is 0 Å². The second-order valence-electron chi connectivity index (χ2n) is 4.24. The van der Waals surface area contributed by atoms with E-state index in [1.54, 1.807) is 36.4 Å². The van der Waals surface area contributed by atoms with Gasteiger partial charge in [0.05, 0.1) is 10.7 Å². The number of rotatable bonds is 3. The van der Waals surface area contributed by atoms with Crippen molar-refractivity contribution >= 4 is 23.2 Å². The van der Waals surface area contributed by atoms with Crippen LogP contribution in [0.25, 0.3) is 0 Å². The van der Waals surface area contributed by atoms with Crippen molar-refractivity contribution in [2.24, 2.45) is 0 Å². The number of anilines is 1. The Hall–Kier alpha value is -1.84. The SMILES string of the molecule is Cc1cccc(NC(=O)C(O)c2ccccc2)c1Cl. The summed E-state index contributed by atoms with van der Waals surface area (Å²) in [5, 5.41) is 13.1. The van der Waals surface area contributed by atoms with Crippen molar-refractivity contribution in [3.05, 3.63) is 64.7 Å². The van der Waals surface area contributed by atoms with Crippen LogP contribution in [0.1, 0.15) is 17.2 Å². The molecule has 1 atom stereocenters. The van der Waals surface area contributed by atoms with E-state index in [2.05, 4.69) is 5.32 Å². The van der Waals surface area contributed by atoms with Gasteiger partial charge in [-0.1, -0.05) is 54.1 Å². The van der Waals surface area contributed by atoms with E-state index in [0.29, 0.717) is 16.3 Å². The molecule has 1 unspecified atom stereocenters. The largest absolute Gasteiger partial charge is 0.378 e. The molecule has 0 fully saturated rings. The molecular formula is C15H14ClNO2. The minimum Gasteiger partial charge on any atom is -0.378 e. The molecule has 0 saturated carbocycles. The second kappa shape index (κ2) is 5.87. The number of hydrogen-bond acceptors (Lipinski definition) is 2. The van der Waals surface area contributed by atoms with Crippen molar-refractivity contribution in [3.63, 3.8) is 0 Å². The third-order valence-corrected chi connectivity index (χ3v) is 3.32. The monoisotopic (exact) mass is 275 g/mol. The lowest BCUT2D eigenvalue weighted by molar-refractivity contribution is -0.124. The molecule has 3 nitrogen and oxygen atoms in total. The van der Waals surface area contributed by atoms with E-state index in [1.165, 1.54) is 0 Å². The Balaban J connectivity index is 2.15. The summed E-state index contributed by atoms with van der Waals surface area (Å²) in [7, 11) is 0. The van der Waals surface area contributed by atoms with E-state index >= 15 is 0 Å². The molecule has 2 aromatic rings. The quantitative estimate of drug-likeness (QED) is 0.903. The number of amides is 1. The molecule has 0 aliphatic carbocycles. The molecule has 98 valence electrons. The van der Waals surface area contributed by atoms with Crippen LogP contribution in [0.4, 0.5) is 5.69 Å². The van der Waals surface area contributed by atoms with E-state index in [9.17, 15) is 9.90 Å². The van der Waals surface area contributed by atoms with E-state index in [4.69, 9.17) is 11.6 Å². The van der Waals surface area contributed by atoms with Gasteiger partial charge >= 0.3 is 0 Å². The topological polar surface area (TPSA) is 49.3 Å². The summed E-state index contributed by atoms with van der Waals surface area (Å²) in [5.74, 6) is -0.501. The summed E-state index contributed by atoms with van der Waals surface area (Å²) in [6.45, 7) is 1.85. The average molecular weight is 276 g/mol. The fourth-order valence-electron chi connectivity index (χ4n) is 1.73. The van der Waals surface area contributed by atoms with Gasteiger partial charge in [0.15, 0.2) is 6.10 Å². The van der Waals surface area contributed by atoms with E-state index in [1.807, 2.05) is 19.1 Å². The number of halogens is 1. The van der Waals surface area contributed by atoms with Gasteiger partial charge in [-0.25, -0.2) is 0 Å². The zero-order chi connectivity index (χ0) is 13.8. The molecule has 19 heavy (non-hydrogen) atoms. The zero-order valence-electron chi connectivity index (χ0n) is 10.4. The Morgan fingerprint density at radius 1 is 1.16 bits per heavy atom. The van der Waals surface area contributed by atoms with Gasteiger partial charge in [-0.15, -0.1) is 0 Å². The molecular weight excluding hydrogens is 262 g/mol. The molecule has 0 spiro atoms. The molecule has 0 bridgehead atoms. The lowest BCUT2D eigenvalue weighted by Gasteiger charge is -2.13. The number of benzene rings is 2. The van der Waals surface area contributed by atoms with Gasteiger partial charge in [0.1, 0.15) is 0 Å². The maximum absolute atomic E-state index is 12.0. The predicted molar refractivity (Wildman–Crippen MR) is 76.2 cm³/mol. The molecule has 0 heterocycles. The minimum atomic E-state index is -1.21. The molecule has 2 rings (SSSR count). The van der Waals surface area contributed by atoms with Crippen LogP contribution in [-0.2, 0) is 4.79 Å². The lowest BCUT2D eigenvalue weighted by Crippen LogP contribution is -2.21. The van der Waals surface area contributed by atoms with Gasteiger partial charge in [0.25, 0.3) is 5.91 Å². The van der Waals surface area contributed by atoms with Crippen molar-refractivity contribution in [3.8, 4) is 0 Å². The van der Waals surface area contributed by atoms with Crippen molar-refractivity contribution in [1.82, 2.24) is 0 Å². The average Bonchev–Trinajstić information content (AvgIpc) is 2.44. The summed E-state index contributed by atoms with van der Waals surface area (Å²) in [6.07, 6.45) is -1.21. The summed E-state index contributed by atoms with van der Waals surface area (Å²) >= 11 is 6.09. The van der Waals surface area contributed by atoms with E-state index in [0.717, 1.165) is 5.56 Å². The molecule has 2 N–H and O–H groups in total. The van der Waals surface area contributed by atoms with Crippen molar-refractivity contribution < 1.29 is 9.90 Å². The second-order valence-corrected chi connectivity index (χ2v) is 4.62. The Kier molecular flexibility index (Phi) is 4.20. The summed E-state index contributed by atoms with van der Waals surface area (Å²) in [4.78, 5) is 12.0. The smallest absolute Gasteiger partial charge is 0.257 e. The Labute approximate surface area is 116 Å². The highest BCUT2D eigenvalue weighted by Gasteiger charge is 2.18. The molecule has 0 saturated heterocycles. The lowest BCUT2D eigenvalue weighted by atomic mass is 10.1. The highest BCUT2D eigenvalue weighted by molar-refractivity contribution is 6.34. The first kappa shape index (κ1) is 13.6. The molecule has 0 aliphatic rings. The Morgan fingerprint density at radius 3 is 2.53 bits per heavy atom. The highest BCUT2D eigenvalue weighted by atomic mass is 35.5. The van der Waals surface area contributed by atoms with Crippen LogP contribution in [0, 0.1) is 6.92 Å². The normalized spacial score (nSPS) is 11.9. The maximum Gasteiger partial charge on any atom is 0.257 e. The van der Waals surface area contributed by atoms with E-state index < -0.39 is 12.0 Å². The van der Waals surface area contributed by atoms with Gasteiger partial charge in [-0.3, -0.25) is 4.79 Å². The third-order valence-electron chi connectivity index (χ3n) is 2.81. The van der Waals surface area contributed by atoms with Crippen LogP contribution in [-0.4, -0.2) is 11.0 Å². The van der Waals surface area contributed by atoms with Crippen molar-refractivity contribution in [2.75, 3.05) is 5.32 Å². The Morgan fingerprint density at radius 2 is 1.84 bits per heavy atom. The molecule has 4 heteroatoms. The first-order valence-electron chi connectivity index (χ1n) is 5.88. The maximum atomic E-state index is 12.0. The van der Waals surface area contributed by atoms with Crippen LogP contribution in [0.3, 0.4) is 0 Å². The number of carbonyl (C=O) groups is 1. The number of aryl methyl sites for hydroxylation is 1. The van der Waals surface area contributed by atoms with Crippen LogP contribution in [0.15, 0.2) is 48.5 Å². The number of aliphatic hydroxyl groups excluding tert-OH is 1. The minimum absolute atomic E-state index is 0.483. The fraction of sp³-hybridized carbons (Fsp3) is 0.133. The molecule has 1 amide bonds. The standard InChI is InChI=1S/C15H14ClNO2/c1-10-6-5-9-12(13(10)16)17-15(19)14(18)11-7-3-2-4-8-11/h2-9,14,18H,1H3,(H,17,19). The van der Waals surface area contributed by atoms with E-state index in [-0.39, 0.29) is 0 Å². The summed E-state index contributed by atoms with van der Waals surface area (Å²) in [5.41, 5.74) is 1.92. The molecule has 0 radical (unpaired) electrons. The van der Waals surface area contributed by atoms with Gasteiger partial charge in [-0.05, 0) is 24.1 Å². The van der Waals surface area contributed by atoms with Gasteiger partial charge in [-0.2, -0.15) is 0 Å². The molecule has 2 aromatic carbocycles. The zero-order valence-corrected chi connectivity index (χ0v) is 11.2. The highest BCUT2D eigenvalue weighted by Crippen LogP contribution is 2.26. The number of hydrogen-bond donors (Lipinski definition) is 2. The first-order chi connectivity index (χ1) is 9.09. The molecule has 0 aliphatic heterocycles. The fourth-order valence-corrected chi connectivity index (χ4v) is 1.90. The van der Waals surface area contributed by atoms with Crippen LogP contribution in [0.2, 0.25) is 5.02 Å². The summed E-state index contributed by atoms with van der Waals surface area (Å²) in [6, 6.07) is 14.1. The van der Waals surface area contributed by atoms with Crippen LogP contribution >= 0.6 is 11.6 Å². The first-order valence-corrected chi connectivity index (χ1v) is 6.26. The predicted octanol–water partition coefficient (Wildman–Crippen LogP) is 3.32. The van der Waals surface area contributed by atoms with Gasteiger partial charge in [0.2, 0.25) is 0 Å². The molecule has 0 aromatic heterocycles. The summed E-state index contributed by atoms with van der Waals surface area (Å²) < 4.78 is 0. The van der Waals surface area contributed by atoms with Crippen LogP contribution < -0.4 is 5.32 Å². The van der Waals surface area contributed by atoms with Crippen molar-refractivity contribution in [1.29, 1.82) is 0 Å².